The lowest BCUT2D eigenvalue weighted by atomic mass is 10.0. The van der Waals surface area contributed by atoms with Crippen molar-refractivity contribution in [3.63, 3.8) is 0 Å². The van der Waals surface area contributed by atoms with E-state index in [0.29, 0.717) is 12.2 Å². The van der Waals surface area contributed by atoms with Gasteiger partial charge in [0.2, 0.25) is 0 Å². The molecule has 5 nitrogen and oxygen atoms in total. The molecular formula is C14H24N4O. The molecule has 0 aromatic carbocycles. The third-order valence-electron chi connectivity index (χ3n) is 3.69. The van der Waals surface area contributed by atoms with Gasteiger partial charge in [-0.3, -0.25) is 9.48 Å². The molecule has 0 spiro atoms. The van der Waals surface area contributed by atoms with Gasteiger partial charge in [0.25, 0.3) is 5.91 Å². The maximum absolute atomic E-state index is 12.0. The summed E-state index contributed by atoms with van der Waals surface area (Å²) in [6, 6.07) is 1.82. The normalized spacial score (nSPS) is 20.5. The highest BCUT2D eigenvalue weighted by molar-refractivity contribution is 5.92. The van der Waals surface area contributed by atoms with Gasteiger partial charge in [-0.05, 0) is 38.3 Å². The zero-order chi connectivity index (χ0) is 13.8. The summed E-state index contributed by atoms with van der Waals surface area (Å²) in [7, 11) is 1.80. The molecule has 0 unspecified atom stereocenters. The van der Waals surface area contributed by atoms with Gasteiger partial charge in [0.15, 0.2) is 0 Å². The lowest BCUT2D eigenvalue weighted by molar-refractivity contribution is 0.0934. The molecule has 0 saturated carbocycles. The van der Waals surface area contributed by atoms with E-state index in [1.165, 1.54) is 12.8 Å². The molecule has 1 atom stereocenters. The summed E-state index contributed by atoms with van der Waals surface area (Å²) in [4.78, 5) is 14.4. The van der Waals surface area contributed by atoms with E-state index in [-0.39, 0.29) is 5.91 Å². The van der Waals surface area contributed by atoms with Crippen molar-refractivity contribution >= 4 is 5.91 Å². The summed E-state index contributed by atoms with van der Waals surface area (Å²) in [5.74, 6) is 0.748. The van der Waals surface area contributed by atoms with E-state index in [1.807, 2.05) is 13.0 Å². The molecule has 1 N–H and O–H groups in total. The first-order valence-corrected chi connectivity index (χ1v) is 7.07. The SMILES string of the molecule is Cc1cc(C(=O)NCCN2CCC[C@H](C)C2)n(C)n1. The van der Waals surface area contributed by atoms with Gasteiger partial charge in [-0.25, -0.2) is 0 Å². The van der Waals surface area contributed by atoms with Gasteiger partial charge in [0.05, 0.1) is 5.69 Å². The second kappa shape index (κ2) is 6.19. The van der Waals surface area contributed by atoms with Crippen LogP contribution in [0.4, 0.5) is 0 Å². The Balaban J connectivity index is 1.76. The topological polar surface area (TPSA) is 50.2 Å². The van der Waals surface area contributed by atoms with Crippen LogP contribution in [0.15, 0.2) is 6.07 Å². The van der Waals surface area contributed by atoms with Crippen molar-refractivity contribution in [2.45, 2.75) is 26.7 Å². The Labute approximate surface area is 115 Å². The number of piperidine rings is 1. The van der Waals surface area contributed by atoms with Crippen LogP contribution in [-0.4, -0.2) is 46.8 Å². The number of hydrogen-bond donors (Lipinski definition) is 1. The summed E-state index contributed by atoms with van der Waals surface area (Å²) in [5, 5.41) is 7.16. The lowest BCUT2D eigenvalue weighted by Crippen LogP contribution is -2.40. The second-order valence-electron chi connectivity index (χ2n) is 5.60. The maximum atomic E-state index is 12.0. The number of rotatable bonds is 4. The number of carbonyl (C=O) groups excluding carboxylic acids is 1. The number of carbonyl (C=O) groups is 1. The first-order valence-electron chi connectivity index (χ1n) is 7.07. The number of aryl methyl sites for hydroxylation is 2. The van der Waals surface area contributed by atoms with Crippen molar-refractivity contribution in [1.82, 2.24) is 20.0 Å². The molecule has 0 bridgehead atoms. The van der Waals surface area contributed by atoms with Gasteiger partial charge in [-0.1, -0.05) is 6.92 Å². The van der Waals surface area contributed by atoms with E-state index in [2.05, 4.69) is 22.2 Å². The lowest BCUT2D eigenvalue weighted by Gasteiger charge is -2.30. The summed E-state index contributed by atoms with van der Waals surface area (Å²) in [5.41, 5.74) is 1.50. The fraction of sp³-hybridized carbons (Fsp3) is 0.714. The van der Waals surface area contributed by atoms with Crippen LogP contribution in [0.2, 0.25) is 0 Å². The van der Waals surface area contributed by atoms with Crippen molar-refractivity contribution in [2.75, 3.05) is 26.2 Å². The average molecular weight is 264 g/mol. The second-order valence-corrected chi connectivity index (χ2v) is 5.60. The molecule has 0 aliphatic carbocycles. The first-order chi connectivity index (χ1) is 9.06. The molecule has 1 aromatic rings. The number of nitrogens with one attached hydrogen (secondary N) is 1. The van der Waals surface area contributed by atoms with E-state index >= 15 is 0 Å². The molecule has 1 fully saturated rings. The quantitative estimate of drug-likeness (QED) is 0.888. The molecule has 1 aromatic heterocycles. The molecule has 5 heteroatoms. The predicted molar refractivity (Wildman–Crippen MR) is 75.1 cm³/mol. The minimum absolute atomic E-state index is 0.0341. The van der Waals surface area contributed by atoms with Gasteiger partial charge in [0.1, 0.15) is 5.69 Å². The monoisotopic (exact) mass is 264 g/mol. The van der Waals surface area contributed by atoms with E-state index in [9.17, 15) is 4.79 Å². The Morgan fingerprint density at radius 2 is 2.37 bits per heavy atom. The third-order valence-corrected chi connectivity index (χ3v) is 3.69. The van der Waals surface area contributed by atoms with Crippen molar-refractivity contribution in [2.24, 2.45) is 13.0 Å². The first kappa shape index (κ1) is 14.1. The number of hydrogen-bond acceptors (Lipinski definition) is 3. The predicted octanol–water partition coefficient (Wildman–Crippen LogP) is 1.19. The van der Waals surface area contributed by atoms with E-state index in [0.717, 1.165) is 31.2 Å². The molecule has 1 saturated heterocycles. The summed E-state index contributed by atoms with van der Waals surface area (Å²) >= 11 is 0. The minimum atomic E-state index is -0.0341. The zero-order valence-corrected chi connectivity index (χ0v) is 12.1. The highest BCUT2D eigenvalue weighted by atomic mass is 16.2. The van der Waals surface area contributed by atoms with Crippen molar-refractivity contribution < 1.29 is 4.79 Å². The number of aromatic nitrogens is 2. The van der Waals surface area contributed by atoms with Gasteiger partial charge < -0.3 is 10.2 Å². The number of amides is 1. The Bertz CT molecular complexity index is 441. The van der Waals surface area contributed by atoms with Crippen LogP contribution in [0.1, 0.15) is 35.9 Å². The summed E-state index contributed by atoms with van der Waals surface area (Å²) < 4.78 is 1.63. The van der Waals surface area contributed by atoms with Crippen LogP contribution in [0.5, 0.6) is 0 Å². The zero-order valence-electron chi connectivity index (χ0n) is 12.1. The Morgan fingerprint density at radius 3 is 3.00 bits per heavy atom. The Hall–Kier alpha value is -1.36. The summed E-state index contributed by atoms with van der Waals surface area (Å²) in [6.45, 7) is 8.14. The summed E-state index contributed by atoms with van der Waals surface area (Å²) in [6.07, 6.45) is 2.60. The van der Waals surface area contributed by atoms with Crippen LogP contribution in [-0.2, 0) is 7.05 Å². The van der Waals surface area contributed by atoms with E-state index in [4.69, 9.17) is 0 Å². The van der Waals surface area contributed by atoms with Crippen LogP contribution in [0.3, 0.4) is 0 Å². The fourth-order valence-corrected chi connectivity index (χ4v) is 2.73. The number of nitrogens with zero attached hydrogens (tertiary/aromatic N) is 3. The van der Waals surface area contributed by atoms with Crippen LogP contribution in [0, 0.1) is 12.8 Å². The largest absolute Gasteiger partial charge is 0.349 e. The molecular weight excluding hydrogens is 240 g/mol. The highest BCUT2D eigenvalue weighted by Gasteiger charge is 2.16. The fourth-order valence-electron chi connectivity index (χ4n) is 2.73. The Morgan fingerprint density at radius 1 is 1.58 bits per heavy atom. The average Bonchev–Trinajstić information content (AvgIpc) is 2.68. The standard InChI is InChI=1S/C14H24N4O/c1-11-5-4-7-18(10-11)8-6-15-14(19)13-9-12(2)16-17(13)3/h9,11H,4-8,10H2,1-3H3,(H,15,19)/t11-/m0/s1. The molecule has 1 amide bonds. The van der Waals surface area contributed by atoms with Gasteiger partial charge in [-0.15, -0.1) is 0 Å². The van der Waals surface area contributed by atoms with Crippen molar-refractivity contribution in [3.05, 3.63) is 17.5 Å². The molecule has 1 aliphatic heterocycles. The van der Waals surface area contributed by atoms with E-state index < -0.39 is 0 Å². The number of likely N-dealkylation sites (tertiary alicyclic amines) is 1. The van der Waals surface area contributed by atoms with Crippen LogP contribution in [0.25, 0.3) is 0 Å². The molecule has 0 radical (unpaired) electrons. The van der Waals surface area contributed by atoms with Crippen molar-refractivity contribution in [1.29, 1.82) is 0 Å². The highest BCUT2D eigenvalue weighted by Crippen LogP contribution is 2.14. The van der Waals surface area contributed by atoms with Gasteiger partial charge >= 0.3 is 0 Å². The van der Waals surface area contributed by atoms with Crippen LogP contribution < -0.4 is 5.32 Å². The third kappa shape index (κ3) is 3.80. The molecule has 19 heavy (non-hydrogen) atoms. The molecule has 1 aliphatic rings. The molecule has 106 valence electrons. The van der Waals surface area contributed by atoms with Gasteiger partial charge in [-0.2, -0.15) is 5.10 Å². The molecule has 2 rings (SSSR count). The van der Waals surface area contributed by atoms with Crippen LogP contribution >= 0.6 is 0 Å². The van der Waals surface area contributed by atoms with E-state index in [1.54, 1.807) is 11.7 Å². The smallest absolute Gasteiger partial charge is 0.269 e. The minimum Gasteiger partial charge on any atom is -0.349 e. The molecule has 2 heterocycles. The maximum Gasteiger partial charge on any atom is 0.269 e. The Kier molecular flexibility index (Phi) is 4.58. The van der Waals surface area contributed by atoms with Gasteiger partial charge in [0, 0.05) is 26.7 Å². The van der Waals surface area contributed by atoms with Crippen molar-refractivity contribution in [3.8, 4) is 0 Å².